The van der Waals surface area contributed by atoms with Gasteiger partial charge in [-0.1, -0.05) is 18.2 Å². The zero-order valence-corrected chi connectivity index (χ0v) is 19.3. The molecule has 10 heteroatoms. The van der Waals surface area contributed by atoms with Crippen LogP contribution in [0.5, 0.6) is 11.5 Å². The number of anilines is 2. The fourth-order valence-corrected chi connectivity index (χ4v) is 4.06. The van der Waals surface area contributed by atoms with E-state index in [9.17, 15) is 33.0 Å². The van der Waals surface area contributed by atoms with Crippen LogP contribution >= 0.6 is 0 Å². The Kier molecular flexibility index (Phi) is 6.47. The highest BCUT2D eigenvalue weighted by molar-refractivity contribution is 6.35. The Labute approximate surface area is 204 Å². The minimum absolute atomic E-state index is 0.0349. The summed E-state index contributed by atoms with van der Waals surface area (Å²) in [6, 6.07) is 12.0. The van der Waals surface area contributed by atoms with Crippen LogP contribution < -0.4 is 15.8 Å². The largest absolute Gasteiger partial charge is 0.508 e. The number of aromatic hydroxyl groups is 2. The molecule has 0 saturated carbocycles. The van der Waals surface area contributed by atoms with Gasteiger partial charge in [0.05, 0.1) is 16.8 Å². The molecule has 2 amide bonds. The molecule has 186 valence electrons. The molecule has 36 heavy (non-hydrogen) atoms. The summed E-state index contributed by atoms with van der Waals surface area (Å²) < 4.78 is 40.3. The summed E-state index contributed by atoms with van der Waals surface area (Å²) in [7, 11) is 0. The van der Waals surface area contributed by atoms with Crippen molar-refractivity contribution < 1.29 is 33.0 Å². The number of hydrogen-bond acceptors (Lipinski definition) is 5. The predicted octanol–water partition coefficient (Wildman–Crippen LogP) is 4.73. The number of benzene rings is 3. The summed E-state index contributed by atoms with van der Waals surface area (Å²) in [5.74, 6) is -1.81. The van der Waals surface area contributed by atoms with Gasteiger partial charge >= 0.3 is 6.18 Å². The quantitative estimate of drug-likeness (QED) is 0.232. The third-order valence-corrected chi connectivity index (χ3v) is 5.59. The lowest BCUT2D eigenvalue weighted by Gasteiger charge is -2.19. The van der Waals surface area contributed by atoms with E-state index in [1.165, 1.54) is 29.2 Å². The molecule has 1 aliphatic rings. The zero-order chi connectivity index (χ0) is 26.2. The smallest absolute Gasteiger partial charge is 0.416 e. The van der Waals surface area contributed by atoms with Crippen molar-refractivity contribution in [3.63, 3.8) is 0 Å². The minimum Gasteiger partial charge on any atom is -0.508 e. The first-order chi connectivity index (χ1) is 17.0. The summed E-state index contributed by atoms with van der Waals surface area (Å²) in [6.45, 7) is 3.63. The molecule has 0 spiro atoms. The molecule has 0 bridgehead atoms. The van der Waals surface area contributed by atoms with Crippen molar-refractivity contribution in [1.82, 2.24) is 10.9 Å². The maximum atomic E-state index is 13.4. The van der Waals surface area contributed by atoms with Crippen molar-refractivity contribution in [2.24, 2.45) is 0 Å². The van der Waals surface area contributed by atoms with Gasteiger partial charge in [0.15, 0.2) is 0 Å². The molecule has 1 aliphatic heterocycles. The Morgan fingerprint density at radius 2 is 1.69 bits per heavy atom. The number of nitrogens with one attached hydrogen (secondary N) is 2. The van der Waals surface area contributed by atoms with Gasteiger partial charge in [0, 0.05) is 29.4 Å². The highest BCUT2D eigenvalue weighted by Crippen LogP contribution is 2.44. The standard InChI is InChI=1S/C26H22F3N3O4/c1-14-9-15(2)11-17(10-14)32-22-12-16(26(27,28)29)3-5-19(22)20(25(32)36)7-8-30-31-24(35)21-6-4-18(33)13-23(21)34/h3-7,9-13,30,33-34H,8H2,1-2H3,(H,31,35). The van der Waals surface area contributed by atoms with E-state index >= 15 is 0 Å². The molecule has 0 fully saturated rings. The lowest BCUT2D eigenvalue weighted by atomic mass is 10.0. The lowest BCUT2D eigenvalue weighted by Crippen LogP contribution is -2.37. The van der Waals surface area contributed by atoms with E-state index < -0.39 is 29.3 Å². The number of hydrazine groups is 1. The molecule has 0 aliphatic carbocycles. The number of alkyl halides is 3. The fourth-order valence-electron chi connectivity index (χ4n) is 4.06. The summed E-state index contributed by atoms with van der Waals surface area (Å²) in [4.78, 5) is 26.9. The van der Waals surface area contributed by atoms with E-state index in [1.54, 1.807) is 12.1 Å². The van der Waals surface area contributed by atoms with Gasteiger partial charge in [-0.15, -0.1) is 0 Å². The Morgan fingerprint density at radius 1 is 1.00 bits per heavy atom. The van der Waals surface area contributed by atoms with E-state index in [-0.39, 0.29) is 29.1 Å². The van der Waals surface area contributed by atoms with E-state index in [2.05, 4.69) is 10.9 Å². The van der Waals surface area contributed by atoms with Crippen LogP contribution in [0.1, 0.15) is 32.6 Å². The molecule has 3 aromatic carbocycles. The van der Waals surface area contributed by atoms with Crippen molar-refractivity contribution in [2.75, 3.05) is 11.4 Å². The number of carbonyl (C=O) groups is 2. The van der Waals surface area contributed by atoms with E-state index in [0.717, 1.165) is 29.3 Å². The number of rotatable bonds is 5. The molecule has 4 N–H and O–H groups in total. The summed E-state index contributed by atoms with van der Waals surface area (Å²) in [6.07, 6.45) is -3.11. The van der Waals surface area contributed by atoms with Crippen LogP contribution in [0.25, 0.3) is 5.57 Å². The number of halogens is 3. The number of phenols is 2. The SMILES string of the molecule is Cc1cc(C)cc(N2C(=O)C(=CCNNC(=O)c3ccc(O)cc3O)c3ccc(C(F)(F)F)cc32)c1. The molecular formula is C26H22F3N3O4. The van der Waals surface area contributed by atoms with Gasteiger partial charge in [-0.3, -0.25) is 19.9 Å². The van der Waals surface area contributed by atoms with Crippen LogP contribution in [0.2, 0.25) is 0 Å². The molecular weight excluding hydrogens is 475 g/mol. The second kappa shape index (κ2) is 9.38. The first kappa shape index (κ1) is 24.8. The van der Waals surface area contributed by atoms with E-state index in [0.29, 0.717) is 11.3 Å². The van der Waals surface area contributed by atoms with Crippen LogP contribution in [0.3, 0.4) is 0 Å². The molecule has 0 atom stereocenters. The van der Waals surface area contributed by atoms with Crippen molar-refractivity contribution in [3.05, 3.63) is 88.5 Å². The monoisotopic (exact) mass is 497 g/mol. The summed E-state index contributed by atoms with van der Waals surface area (Å²) >= 11 is 0. The highest BCUT2D eigenvalue weighted by Gasteiger charge is 2.37. The zero-order valence-electron chi connectivity index (χ0n) is 19.3. The number of aryl methyl sites for hydroxylation is 2. The second-order valence-corrected chi connectivity index (χ2v) is 8.37. The lowest BCUT2D eigenvalue weighted by molar-refractivity contribution is -0.137. The van der Waals surface area contributed by atoms with Gasteiger partial charge in [-0.05, 0) is 61.4 Å². The first-order valence-corrected chi connectivity index (χ1v) is 10.9. The number of nitrogens with zero attached hydrogens (tertiary/aromatic N) is 1. The minimum atomic E-state index is -4.58. The number of fused-ring (bicyclic) bond motifs is 1. The number of amides is 2. The van der Waals surface area contributed by atoms with Gasteiger partial charge in [-0.2, -0.15) is 13.2 Å². The van der Waals surface area contributed by atoms with Crippen LogP contribution in [0.15, 0.2) is 60.7 Å². The van der Waals surface area contributed by atoms with E-state index in [1.807, 2.05) is 19.9 Å². The van der Waals surface area contributed by atoms with Crippen molar-refractivity contribution in [3.8, 4) is 11.5 Å². The Morgan fingerprint density at radius 3 is 2.33 bits per heavy atom. The number of carbonyl (C=O) groups excluding carboxylic acids is 2. The summed E-state index contributed by atoms with van der Waals surface area (Å²) in [5, 5.41) is 19.1. The van der Waals surface area contributed by atoms with Crippen molar-refractivity contribution in [2.45, 2.75) is 20.0 Å². The Hall–Kier alpha value is -4.31. The predicted molar refractivity (Wildman–Crippen MR) is 128 cm³/mol. The number of hydrogen-bond donors (Lipinski definition) is 4. The molecule has 0 aromatic heterocycles. The van der Waals surface area contributed by atoms with E-state index in [4.69, 9.17) is 0 Å². The Balaban J connectivity index is 1.62. The molecule has 0 unspecified atom stereocenters. The molecule has 3 aromatic rings. The molecule has 0 radical (unpaired) electrons. The molecule has 4 rings (SSSR count). The van der Waals surface area contributed by atoms with Gasteiger partial charge < -0.3 is 10.2 Å². The van der Waals surface area contributed by atoms with Crippen LogP contribution in [-0.4, -0.2) is 28.6 Å². The molecule has 7 nitrogen and oxygen atoms in total. The fraction of sp³-hybridized carbons (Fsp3) is 0.154. The topological polar surface area (TPSA) is 102 Å². The highest BCUT2D eigenvalue weighted by atomic mass is 19.4. The second-order valence-electron chi connectivity index (χ2n) is 8.37. The third kappa shape index (κ3) is 4.89. The van der Waals surface area contributed by atoms with Crippen LogP contribution in [0.4, 0.5) is 24.5 Å². The maximum absolute atomic E-state index is 13.4. The average Bonchev–Trinajstić information content (AvgIpc) is 3.05. The number of phenolic OH excluding ortho intramolecular Hbond substituents is 2. The van der Waals surface area contributed by atoms with Crippen LogP contribution in [-0.2, 0) is 11.0 Å². The van der Waals surface area contributed by atoms with Gasteiger partial charge in [0.25, 0.3) is 11.8 Å². The molecule has 1 heterocycles. The Bertz CT molecular complexity index is 1380. The maximum Gasteiger partial charge on any atom is 0.416 e. The molecule has 0 saturated heterocycles. The average molecular weight is 497 g/mol. The first-order valence-electron chi connectivity index (χ1n) is 10.9. The normalized spacial score (nSPS) is 14.3. The van der Waals surface area contributed by atoms with Gasteiger partial charge in [0.2, 0.25) is 0 Å². The van der Waals surface area contributed by atoms with Gasteiger partial charge in [-0.25, -0.2) is 5.43 Å². The third-order valence-electron chi connectivity index (χ3n) is 5.59. The van der Waals surface area contributed by atoms with Crippen LogP contribution in [0, 0.1) is 13.8 Å². The summed E-state index contributed by atoms with van der Waals surface area (Å²) in [5.41, 5.74) is 6.79. The van der Waals surface area contributed by atoms with Crippen molar-refractivity contribution in [1.29, 1.82) is 0 Å². The van der Waals surface area contributed by atoms with Crippen molar-refractivity contribution >= 4 is 28.8 Å². The van der Waals surface area contributed by atoms with Gasteiger partial charge in [0.1, 0.15) is 11.5 Å².